The van der Waals surface area contributed by atoms with Gasteiger partial charge in [-0.2, -0.15) is 0 Å². The number of piperidine rings is 1. The minimum Gasteiger partial charge on any atom is -0.360 e. The summed E-state index contributed by atoms with van der Waals surface area (Å²) < 4.78 is 0. The van der Waals surface area contributed by atoms with Gasteiger partial charge in [0.15, 0.2) is 5.11 Å². The highest BCUT2D eigenvalue weighted by molar-refractivity contribution is 7.80. The number of hydrogen-bond acceptors (Lipinski definition) is 2. The minimum atomic E-state index is 0.433. The molecule has 0 spiro atoms. The molecular weight excluding hydrogens is 325 g/mol. The lowest BCUT2D eigenvalue weighted by Crippen LogP contribution is -2.47. The van der Waals surface area contributed by atoms with Crippen molar-refractivity contribution < 1.29 is 0 Å². The van der Waals surface area contributed by atoms with Gasteiger partial charge in [0.2, 0.25) is 0 Å². The maximum atomic E-state index is 5.99. The Hall–Kier alpha value is -0.550. The fraction of sp³-hybridized carbons (Fsp3) is 0.533. The molecule has 0 aliphatic carbocycles. The Kier molecular flexibility index (Phi) is 6.11. The van der Waals surface area contributed by atoms with Crippen LogP contribution in [0.2, 0.25) is 10.0 Å². The predicted molar refractivity (Wildman–Crippen MR) is 95.5 cm³/mol. The largest absolute Gasteiger partial charge is 0.360 e. The van der Waals surface area contributed by atoms with Crippen LogP contribution in [0.3, 0.4) is 0 Å². The van der Waals surface area contributed by atoms with Crippen LogP contribution >= 0.6 is 35.4 Å². The maximum absolute atomic E-state index is 5.99. The van der Waals surface area contributed by atoms with Crippen molar-refractivity contribution in [1.82, 2.24) is 10.2 Å². The van der Waals surface area contributed by atoms with Crippen molar-refractivity contribution in [3.63, 3.8) is 0 Å². The van der Waals surface area contributed by atoms with Crippen molar-refractivity contribution in [1.29, 1.82) is 0 Å². The molecule has 3 nitrogen and oxygen atoms in total. The van der Waals surface area contributed by atoms with Gasteiger partial charge in [-0.3, -0.25) is 0 Å². The number of halogens is 2. The number of rotatable bonds is 3. The van der Waals surface area contributed by atoms with Crippen molar-refractivity contribution in [2.24, 2.45) is 0 Å². The number of thiocarbonyl (C=S) groups is 1. The van der Waals surface area contributed by atoms with E-state index in [4.69, 9.17) is 35.4 Å². The maximum Gasteiger partial charge on any atom is 0.170 e. The van der Waals surface area contributed by atoms with Crippen LogP contribution in [0.1, 0.15) is 26.7 Å². The number of likely N-dealkylation sites (tertiary alicyclic amines) is 1. The molecule has 6 heteroatoms. The van der Waals surface area contributed by atoms with E-state index < -0.39 is 0 Å². The van der Waals surface area contributed by atoms with Crippen LogP contribution in [-0.4, -0.2) is 35.2 Å². The molecule has 0 amide bonds. The van der Waals surface area contributed by atoms with Gasteiger partial charge >= 0.3 is 0 Å². The van der Waals surface area contributed by atoms with Crippen LogP contribution in [0.4, 0.5) is 5.69 Å². The summed E-state index contributed by atoms with van der Waals surface area (Å²) >= 11 is 17.3. The highest BCUT2D eigenvalue weighted by atomic mass is 35.5. The second kappa shape index (κ2) is 7.63. The molecule has 0 radical (unpaired) electrons. The third-order valence-electron chi connectivity index (χ3n) is 3.77. The van der Waals surface area contributed by atoms with Crippen LogP contribution in [0, 0.1) is 0 Å². The molecule has 1 heterocycles. The van der Waals surface area contributed by atoms with Gasteiger partial charge in [0.25, 0.3) is 0 Å². The molecule has 1 fully saturated rings. The van der Waals surface area contributed by atoms with Crippen molar-refractivity contribution in [2.45, 2.75) is 38.8 Å². The first kappa shape index (κ1) is 16.8. The standard InChI is InChI=1S/C15H21Cl2N3S/c1-10(2)20-7-5-11(6-8-20)18-15(21)19-12-3-4-13(16)14(17)9-12/h3-4,9-11H,5-8H2,1-2H3,(H2,18,19,21). The topological polar surface area (TPSA) is 27.3 Å². The van der Waals surface area contributed by atoms with Crippen LogP contribution in [-0.2, 0) is 0 Å². The van der Waals surface area contributed by atoms with Gasteiger partial charge in [0.05, 0.1) is 10.0 Å². The molecule has 1 saturated heterocycles. The van der Waals surface area contributed by atoms with E-state index in [2.05, 4.69) is 29.4 Å². The molecule has 1 aliphatic heterocycles. The summed E-state index contributed by atoms with van der Waals surface area (Å²) in [5.74, 6) is 0. The van der Waals surface area contributed by atoms with E-state index in [0.717, 1.165) is 31.6 Å². The highest BCUT2D eigenvalue weighted by Crippen LogP contribution is 2.25. The second-order valence-electron chi connectivity index (χ2n) is 5.63. The van der Waals surface area contributed by atoms with E-state index in [-0.39, 0.29) is 0 Å². The van der Waals surface area contributed by atoms with E-state index in [9.17, 15) is 0 Å². The molecule has 0 aromatic heterocycles. The molecule has 0 saturated carbocycles. The van der Waals surface area contributed by atoms with Crippen LogP contribution in [0.25, 0.3) is 0 Å². The molecule has 1 aliphatic rings. The zero-order valence-corrected chi connectivity index (χ0v) is 14.7. The van der Waals surface area contributed by atoms with Crippen molar-refractivity contribution in [2.75, 3.05) is 18.4 Å². The van der Waals surface area contributed by atoms with Crippen LogP contribution in [0.5, 0.6) is 0 Å². The van der Waals surface area contributed by atoms with E-state index in [0.29, 0.717) is 27.2 Å². The van der Waals surface area contributed by atoms with Crippen LogP contribution in [0.15, 0.2) is 18.2 Å². The summed E-state index contributed by atoms with van der Waals surface area (Å²) in [5.41, 5.74) is 0.849. The molecule has 1 aromatic carbocycles. The molecule has 21 heavy (non-hydrogen) atoms. The van der Waals surface area contributed by atoms with Gasteiger partial charge in [-0.1, -0.05) is 23.2 Å². The predicted octanol–water partition coefficient (Wildman–Crippen LogP) is 4.15. The van der Waals surface area contributed by atoms with Gasteiger partial charge in [-0.15, -0.1) is 0 Å². The lowest BCUT2D eigenvalue weighted by molar-refractivity contribution is 0.168. The Balaban J connectivity index is 1.81. The van der Waals surface area contributed by atoms with Crippen LogP contribution < -0.4 is 10.6 Å². The highest BCUT2D eigenvalue weighted by Gasteiger charge is 2.21. The third kappa shape index (κ3) is 4.99. The first-order valence-corrected chi connectivity index (χ1v) is 8.38. The zero-order chi connectivity index (χ0) is 15.4. The van der Waals surface area contributed by atoms with E-state index in [1.165, 1.54) is 0 Å². The average Bonchev–Trinajstić information content (AvgIpc) is 2.43. The Morgan fingerprint density at radius 2 is 1.90 bits per heavy atom. The molecule has 0 atom stereocenters. The summed E-state index contributed by atoms with van der Waals surface area (Å²) in [6.45, 7) is 6.71. The fourth-order valence-electron chi connectivity index (χ4n) is 2.49. The lowest BCUT2D eigenvalue weighted by atomic mass is 10.0. The number of benzene rings is 1. The smallest absolute Gasteiger partial charge is 0.170 e. The van der Waals surface area contributed by atoms with Gasteiger partial charge in [0, 0.05) is 30.9 Å². The molecule has 2 N–H and O–H groups in total. The van der Waals surface area contributed by atoms with Gasteiger partial charge < -0.3 is 15.5 Å². The van der Waals surface area contributed by atoms with E-state index >= 15 is 0 Å². The monoisotopic (exact) mass is 345 g/mol. The summed E-state index contributed by atoms with van der Waals surface area (Å²) in [6, 6.07) is 6.45. The van der Waals surface area contributed by atoms with E-state index in [1.807, 2.05) is 6.07 Å². The second-order valence-corrected chi connectivity index (χ2v) is 6.85. The van der Waals surface area contributed by atoms with Crippen molar-refractivity contribution >= 4 is 46.2 Å². The third-order valence-corrected chi connectivity index (χ3v) is 4.73. The Labute approximate surface area is 142 Å². The minimum absolute atomic E-state index is 0.433. The Morgan fingerprint density at radius 3 is 2.48 bits per heavy atom. The lowest BCUT2D eigenvalue weighted by Gasteiger charge is -2.35. The Bertz CT molecular complexity index is 500. The average molecular weight is 346 g/mol. The normalized spacial score (nSPS) is 17.0. The molecular formula is C15H21Cl2N3S. The first-order chi connectivity index (χ1) is 9.95. The summed E-state index contributed by atoms with van der Waals surface area (Å²) in [6.07, 6.45) is 2.22. The summed E-state index contributed by atoms with van der Waals surface area (Å²) in [7, 11) is 0. The molecule has 0 bridgehead atoms. The zero-order valence-electron chi connectivity index (χ0n) is 12.3. The van der Waals surface area contributed by atoms with Crippen molar-refractivity contribution in [3.8, 4) is 0 Å². The number of hydrogen-bond donors (Lipinski definition) is 2. The van der Waals surface area contributed by atoms with Gasteiger partial charge in [-0.05, 0) is 57.1 Å². The Morgan fingerprint density at radius 1 is 1.24 bits per heavy atom. The quantitative estimate of drug-likeness (QED) is 0.804. The molecule has 0 unspecified atom stereocenters. The first-order valence-electron chi connectivity index (χ1n) is 7.22. The fourth-order valence-corrected chi connectivity index (χ4v) is 3.07. The number of nitrogens with one attached hydrogen (secondary N) is 2. The SMILES string of the molecule is CC(C)N1CCC(NC(=S)Nc2ccc(Cl)c(Cl)c2)CC1. The molecule has 116 valence electrons. The number of anilines is 1. The van der Waals surface area contributed by atoms with Gasteiger partial charge in [0.1, 0.15) is 0 Å². The molecule has 2 rings (SSSR count). The van der Waals surface area contributed by atoms with Crippen molar-refractivity contribution in [3.05, 3.63) is 28.2 Å². The summed E-state index contributed by atoms with van der Waals surface area (Å²) in [4.78, 5) is 2.49. The summed E-state index contributed by atoms with van der Waals surface area (Å²) in [5, 5.41) is 8.24. The molecule has 1 aromatic rings. The van der Waals surface area contributed by atoms with Gasteiger partial charge in [-0.25, -0.2) is 0 Å². The number of nitrogens with zero attached hydrogens (tertiary/aromatic N) is 1. The van der Waals surface area contributed by atoms with E-state index in [1.54, 1.807) is 12.1 Å².